The maximum absolute atomic E-state index is 11.4. The van der Waals surface area contributed by atoms with Crippen LogP contribution in [0.3, 0.4) is 0 Å². The maximum Gasteiger partial charge on any atom is 0.240 e. The van der Waals surface area contributed by atoms with Crippen LogP contribution in [-0.4, -0.2) is 20.6 Å². The first-order valence-electron chi connectivity index (χ1n) is 3.74. The molecule has 0 atom stereocenters. The number of hydrogen-bond donors (Lipinski definition) is 2. The lowest BCUT2D eigenvalue weighted by atomic mass is 10.2. The van der Waals surface area contributed by atoms with Crippen molar-refractivity contribution >= 4 is 10.0 Å². The van der Waals surface area contributed by atoms with Gasteiger partial charge in [0.15, 0.2) is 0 Å². The Morgan fingerprint density at radius 2 is 2.00 bits per heavy atom. The van der Waals surface area contributed by atoms with Gasteiger partial charge in [-0.2, -0.15) is 0 Å². The highest BCUT2D eigenvalue weighted by Crippen LogP contribution is 2.14. The lowest BCUT2D eigenvalue weighted by molar-refractivity contribution is 0.278. The number of nitrogens with one attached hydrogen (secondary N) is 1. The molecule has 13 heavy (non-hydrogen) atoms. The number of sulfonamides is 1. The van der Waals surface area contributed by atoms with Gasteiger partial charge in [-0.15, -0.1) is 0 Å². The third kappa shape index (κ3) is 2.06. The fourth-order valence-corrected chi connectivity index (χ4v) is 1.96. The van der Waals surface area contributed by atoms with Crippen LogP contribution < -0.4 is 4.72 Å². The van der Waals surface area contributed by atoms with Crippen molar-refractivity contribution in [3.63, 3.8) is 0 Å². The molecule has 0 aliphatic carbocycles. The van der Waals surface area contributed by atoms with Gasteiger partial charge in [-0.3, -0.25) is 0 Å². The molecule has 0 aromatic heterocycles. The van der Waals surface area contributed by atoms with Crippen molar-refractivity contribution in [2.24, 2.45) is 0 Å². The van der Waals surface area contributed by atoms with E-state index in [1.807, 2.05) is 0 Å². The van der Waals surface area contributed by atoms with E-state index in [1.165, 1.54) is 13.1 Å². The summed E-state index contributed by atoms with van der Waals surface area (Å²) in [5.41, 5.74) is 0.400. The largest absolute Gasteiger partial charge is 0.392 e. The summed E-state index contributed by atoms with van der Waals surface area (Å²) in [6, 6.07) is 6.32. The van der Waals surface area contributed by atoms with Crippen molar-refractivity contribution in [3.8, 4) is 0 Å². The molecule has 4 nitrogen and oxygen atoms in total. The molecule has 0 amide bonds. The minimum Gasteiger partial charge on any atom is -0.392 e. The summed E-state index contributed by atoms with van der Waals surface area (Å²) in [4.78, 5) is 0.125. The molecular formula is C8H11NO3S. The van der Waals surface area contributed by atoms with Gasteiger partial charge >= 0.3 is 0 Å². The van der Waals surface area contributed by atoms with E-state index < -0.39 is 10.0 Å². The molecule has 72 valence electrons. The Labute approximate surface area is 77.3 Å². The van der Waals surface area contributed by atoms with Crippen molar-refractivity contribution in [1.82, 2.24) is 4.72 Å². The highest BCUT2D eigenvalue weighted by atomic mass is 32.2. The quantitative estimate of drug-likeness (QED) is 0.728. The van der Waals surface area contributed by atoms with Gasteiger partial charge in [0.1, 0.15) is 0 Å². The Balaban J connectivity index is 3.29. The molecule has 0 spiro atoms. The molecule has 0 saturated heterocycles. The van der Waals surface area contributed by atoms with E-state index in [0.717, 1.165) is 0 Å². The Kier molecular flexibility index (Phi) is 3.02. The molecule has 0 aliphatic rings. The third-order valence-corrected chi connectivity index (χ3v) is 3.22. The zero-order valence-electron chi connectivity index (χ0n) is 7.19. The fourth-order valence-electron chi connectivity index (χ4n) is 1.01. The average Bonchev–Trinajstić information content (AvgIpc) is 2.18. The minimum absolute atomic E-state index is 0.125. The Hall–Kier alpha value is -0.910. The van der Waals surface area contributed by atoms with E-state index in [0.29, 0.717) is 5.56 Å². The molecule has 0 heterocycles. The van der Waals surface area contributed by atoms with E-state index in [1.54, 1.807) is 18.2 Å². The van der Waals surface area contributed by atoms with Crippen molar-refractivity contribution in [3.05, 3.63) is 29.8 Å². The van der Waals surface area contributed by atoms with Gasteiger partial charge in [-0.05, 0) is 18.7 Å². The van der Waals surface area contributed by atoms with Crippen LogP contribution in [0.4, 0.5) is 0 Å². The predicted octanol–water partition coefficient (Wildman–Crippen LogP) is 0.0870. The van der Waals surface area contributed by atoms with Gasteiger partial charge in [0.25, 0.3) is 0 Å². The molecule has 0 radical (unpaired) electrons. The Morgan fingerprint density at radius 3 is 2.54 bits per heavy atom. The second-order valence-corrected chi connectivity index (χ2v) is 4.33. The monoisotopic (exact) mass is 201 g/mol. The van der Waals surface area contributed by atoms with Crippen LogP contribution in [0.2, 0.25) is 0 Å². The summed E-state index contributed by atoms with van der Waals surface area (Å²) < 4.78 is 24.9. The molecule has 1 aromatic rings. The second-order valence-electron chi connectivity index (χ2n) is 2.47. The molecule has 0 bridgehead atoms. The number of aliphatic hydroxyl groups is 1. The molecule has 0 fully saturated rings. The van der Waals surface area contributed by atoms with Gasteiger partial charge in [-0.1, -0.05) is 18.2 Å². The summed E-state index contributed by atoms with van der Waals surface area (Å²) in [5, 5.41) is 8.89. The van der Waals surface area contributed by atoms with E-state index >= 15 is 0 Å². The zero-order chi connectivity index (χ0) is 9.90. The number of benzene rings is 1. The fraction of sp³-hybridized carbons (Fsp3) is 0.250. The van der Waals surface area contributed by atoms with Gasteiger partial charge in [0.05, 0.1) is 11.5 Å². The van der Waals surface area contributed by atoms with Gasteiger partial charge < -0.3 is 5.11 Å². The first-order valence-corrected chi connectivity index (χ1v) is 5.22. The summed E-state index contributed by atoms with van der Waals surface area (Å²) in [6.07, 6.45) is 0. The molecule has 0 aliphatic heterocycles. The molecule has 2 N–H and O–H groups in total. The third-order valence-electron chi connectivity index (χ3n) is 1.70. The van der Waals surface area contributed by atoms with Crippen molar-refractivity contribution in [2.75, 3.05) is 7.05 Å². The normalized spacial score (nSPS) is 11.5. The molecule has 5 heteroatoms. The van der Waals surface area contributed by atoms with E-state index in [9.17, 15) is 8.42 Å². The standard InChI is InChI=1S/C8H11NO3S/c1-9-13(11,12)8-5-3-2-4-7(8)6-10/h2-5,9-10H,6H2,1H3. The Morgan fingerprint density at radius 1 is 1.38 bits per heavy atom. The first-order chi connectivity index (χ1) is 6.11. The van der Waals surface area contributed by atoms with E-state index in [-0.39, 0.29) is 11.5 Å². The lowest BCUT2D eigenvalue weighted by Gasteiger charge is -2.06. The van der Waals surface area contributed by atoms with Crippen LogP contribution in [0, 0.1) is 0 Å². The van der Waals surface area contributed by atoms with Crippen LogP contribution in [0.15, 0.2) is 29.2 Å². The summed E-state index contributed by atoms with van der Waals surface area (Å²) in [7, 11) is -2.11. The van der Waals surface area contributed by atoms with Crippen molar-refractivity contribution < 1.29 is 13.5 Å². The number of rotatable bonds is 3. The average molecular weight is 201 g/mol. The zero-order valence-corrected chi connectivity index (χ0v) is 8.00. The van der Waals surface area contributed by atoms with Crippen molar-refractivity contribution in [2.45, 2.75) is 11.5 Å². The number of hydrogen-bond acceptors (Lipinski definition) is 3. The highest BCUT2D eigenvalue weighted by molar-refractivity contribution is 7.89. The second kappa shape index (κ2) is 3.87. The molecule has 1 rings (SSSR count). The van der Waals surface area contributed by atoms with Crippen LogP contribution in [0.25, 0.3) is 0 Å². The number of aliphatic hydroxyl groups excluding tert-OH is 1. The Bertz CT molecular complexity index is 386. The van der Waals surface area contributed by atoms with Gasteiger partial charge in [-0.25, -0.2) is 13.1 Å². The smallest absolute Gasteiger partial charge is 0.240 e. The summed E-state index contributed by atoms with van der Waals surface area (Å²) in [5.74, 6) is 0. The van der Waals surface area contributed by atoms with Crippen LogP contribution in [0.5, 0.6) is 0 Å². The van der Waals surface area contributed by atoms with E-state index in [2.05, 4.69) is 4.72 Å². The predicted molar refractivity (Wildman–Crippen MR) is 48.6 cm³/mol. The summed E-state index contributed by atoms with van der Waals surface area (Å²) >= 11 is 0. The van der Waals surface area contributed by atoms with Crippen LogP contribution >= 0.6 is 0 Å². The van der Waals surface area contributed by atoms with Gasteiger partial charge in [0.2, 0.25) is 10.0 Å². The molecule has 0 unspecified atom stereocenters. The molecule has 0 saturated carbocycles. The van der Waals surface area contributed by atoms with E-state index in [4.69, 9.17) is 5.11 Å². The minimum atomic E-state index is -3.45. The SMILES string of the molecule is CNS(=O)(=O)c1ccccc1CO. The first kappa shape index (κ1) is 10.2. The van der Waals surface area contributed by atoms with Crippen molar-refractivity contribution in [1.29, 1.82) is 0 Å². The topological polar surface area (TPSA) is 66.4 Å². The summed E-state index contributed by atoms with van der Waals surface area (Å²) in [6.45, 7) is -0.281. The van der Waals surface area contributed by atoms with Crippen LogP contribution in [0.1, 0.15) is 5.56 Å². The molecular weight excluding hydrogens is 190 g/mol. The lowest BCUT2D eigenvalue weighted by Crippen LogP contribution is -2.20. The highest BCUT2D eigenvalue weighted by Gasteiger charge is 2.14. The maximum atomic E-state index is 11.4. The molecule has 1 aromatic carbocycles. The van der Waals surface area contributed by atoms with Crippen LogP contribution in [-0.2, 0) is 16.6 Å². The van der Waals surface area contributed by atoms with Gasteiger partial charge in [0, 0.05) is 0 Å².